The zero-order chi connectivity index (χ0) is 12.1. The first-order valence-electron chi connectivity index (χ1n) is 4.60. The Labute approximate surface area is 93.5 Å². The van der Waals surface area contributed by atoms with E-state index in [-0.39, 0.29) is 16.9 Å². The quantitative estimate of drug-likeness (QED) is 0.337. The maximum absolute atomic E-state index is 11.4. The molecule has 0 bridgehead atoms. The highest BCUT2D eigenvalue weighted by molar-refractivity contribution is 5.91. The molecule has 4 heteroatoms. The largest absolute Gasteiger partial charge is 0.493 e. The van der Waals surface area contributed by atoms with E-state index in [4.69, 9.17) is 9.47 Å². The van der Waals surface area contributed by atoms with E-state index >= 15 is 0 Å². The molecule has 84 valence electrons. The third-order valence-electron chi connectivity index (χ3n) is 1.90. The van der Waals surface area contributed by atoms with Crippen LogP contribution in [-0.4, -0.2) is 19.4 Å². The zero-order valence-corrected chi connectivity index (χ0v) is 9.15. The molecule has 16 heavy (non-hydrogen) atoms. The molecule has 1 rings (SSSR count). The number of rotatable bonds is 4. The zero-order valence-electron chi connectivity index (χ0n) is 9.15. The van der Waals surface area contributed by atoms with Crippen molar-refractivity contribution in [3.8, 4) is 11.5 Å². The maximum Gasteiger partial charge on any atom is 0.338 e. The number of methoxy groups -OCH3 is 1. The summed E-state index contributed by atoms with van der Waals surface area (Å²) in [5, 5.41) is 0. The summed E-state index contributed by atoms with van der Waals surface area (Å²) in [6.07, 6.45) is 0.601. The molecule has 0 aliphatic carbocycles. The fourth-order valence-electron chi connectivity index (χ4n) is 1.08. The summed E-state index contributed by atoms with van der Waals surface area (Å²) in [5.74, 6) is -0.139. The van der Waals surface area contributed by atoms with Crippen LogP contribution in [0, 0.1) is 0 Å². The predicted octanol–water partition coefficient (Wildman–Crippen LogP) is 1.99. The highest BCUT2D eigenvalue weighted by Gasteiger charge is 2.14. The number of benzene rings is 1. The summed E-state index contributed by atoms with van der Waals surface area (Å²) in [6, 6.07) is 4.78. The topological polar surface area (TPSA) is 52.6 Å². The van der Waals surface area contributed by atoms with Gasteiger partial charge in [-0.3, -0.25) is 4.79 Å². The van der Waals surface area contributed by atoms with E-state index in [1.807, 2.05) is 0 Å². The molecule has 0 aliphatic heterocycles. The second-order valence-corrected chi connectivity index (χ2v) is 3.17. The monoisotopic (exact) mass is 220 g/mol. The third kappa shape index (κ3) is 2.48. The van der Waals surface area contributed by atoms with Crippen molar-refractivity contribution in [1.29, 1.82) is 0 Å². The van der Waals surface area contributed by atoms with Gasteiger partial charge in [0, 0.05) is 5.57 Å². The van der Waals surface area contributed by atoms with Crippen molar-refractivity contribution in [2.75, 3.05) is 7.11 Å². The minimum atomic E-state index is -0.590. The van der Waals surface area contributed by atoms with Crippen LogP contribution in [0.3, 0.4) is 0 Å². The molecule has 0 spiro atoms. The van der Waals surface area contributed by atoms with Crippen molar-refractivity contribution in [3.05, 3.63) is 35.9 Å². The van der Waals surface area contributed by atoms with E-state index in [2.05, 4.69) is 6.58 Å². The van der Waals surface area contributed by atoms with E-state index in [0.29, 0.717) is 12.0 Å². The van der Waals surface area contributed by atoms with Gasteiger partial charge < -0.3 is 9.47 Å². The van der Waals surface area contributed by atoms with E-state index in [1.165, 1.54) is 20.1 Å². The summed E-state index contributed by atoms with van der Waals surface area (Å²) in [4.78, 5) is 22.1. The van der Waals surface area contributed by atoms with Crippen LogP contribution in [-0.2, 0) is 4.79 Å². The summed E-state index contributed by atoms with van der Waals surface area (Å²) in [6.45, 7) is 4.98. The smallest absolute Gasteiger partial charge is 0.338 e. The summed E-state index contributed by atoms with van der Waals surface area (Å²) < 4.78 is 10.0. The number of para-hydroxylation sites is 1. The van der Waals surface area contributed by atoms with Gasteiger partial charge in [-0.05, 0) is 19.1 Å². The van der Waals surface area contributed by atoms with E-state index in [9.17, 15) is 9.59 Å². The van der Waals surface area contributed by atoms with Crippen molar-refractivity contribution >= 4 is 12.3 Å². The number of hydrogen-bond donors (Lipinski definition) is 0. The summed E-state index contributed by atoms with van der Waals surface area (Å²) in [7, 11) is 1.43. The van der Waals surface area contributed by atoms with Crippen LogP contribution in [0.5, 0.6) is 11.5 Å². The van der Waals surface area contributed by atoms with E-state index < -0.39 is 5.97 Å². The molecule has 0 unspecified atom stereocenters. The number of hydrogen-bond acceptors (Lipinski definition) is 4. The first-order chi connectivity index (χ1) is 7.60. The van der Waals surface area contributed by atoms with Gasteiger partial charge >= 0.3 is 5.97 Å². The molecule has 1 aromatic carbocycles. The van der Waals surface area contributed by atoms with Gasteiger partial charge in [-0.15, -0.1) is 0 Å². The van der Waals surface area contributed by atoms with Crippen molar-refractivity contribution in [1.82, 2.24) is 0 Å². The van der Waals surface area contributed by atoms with Crippen molar-refractivity contribution in [3.63, 3.8) is 0 Å². The number of esters is 1. The predicted molar refractivity (Wildman–Crippen MR) is 58.8 cm³/mol. The molecule has 0 atom stereocenters. The van der Waals surface area contributed by atoms with Crippen LogP contribution >= 0.6 is 0 Å². The Hall–Kier alpha value is -2.10. The van der Waals surface area contributed by atoms with Crippen LogP contribution in [0.1, 0.15) is 17.3 Å². The highest BCUT2D eigenvalue weighted by Crippen LogP contribution is 2.30. The third-order valence-corrected chi connectivity index (χ3v) is 1.90. The Bertz CT molecular complexity index is 435. The van der Waals surface area contributed by atoms with Crippen LogP contribution < -0.4 is 9.47 Å². The normalized spacial score (nSPS) is 9.38. The lowest BCUT2D eigenvalue weighted by molar-refractivity contribution is -0.130. The molecule has 0 radical (unpaired) electrons. The average molecular weight is 220 g/mol. The van der Waals surface area contributed by atoms with Crippen molar-refractivity contribution in [2.45, 2.75) is 6.92 Å². The molecule has 0 aliphatic rings. The number of ether oxygens (including phenoxy) is 2. The van der Waals surface area contributed by atoms with Gasteiger partial charge in [0.2, 0.25) is 0 Å². The Morgan fingerprint density at radius 3 is 2.62 bits per heavy atom. The number of aldehydes is 1. The van der Waals surface area contributed by atoms with Crippen LogP contribution in [0.4, 0.5) is 0 Å². The van der Waals surface area contributed by atoms with E-state index in [1.54, 1.807) is 12.1 Å². The lowest BCUT2D eigenvalue weighted by Gasteiger charge is -2.10. The molecular weight excluding hydrogens is 208 g/mol. The van der Waals surface area contributed by atoms with Gasteiger partial charge in [-0.2, -0.15) is 0 Å². The second-order valence-electron chi connectivity index (χ2n) is 3.17. The van der Waals surface area contributed by atoms with Crippen LogP contribution in [0.25, 0.3) is 0 Å². The molecular formula is C12H12O4. The first kappa shape index (κ1) is 12.0. The Morgan fingerprint density at radius 1 is 1.44 bits per heavy atom. The number of carbonyl (C=O) groups is 2. The van der Waals surface area contributed by atoms with Crippen molar-refractivity contribution < 1.29 is 19.1 Å². The van der Waals surface area contributed by atoms with Gasteiger partial charge in [0.1, 0.15) is 0 Å². The molecule has 0 heterocycles. The summed E-state index contributed by atoms with van der Waals surface area (Å²) in [5.41, 5.74) is 0.511. The minimum absolute atomic E-state index is 0.119. The maximum atomic E-state index is 11.4. The van der Waals surface area contributed by atoms with Gasteiger partial charge in [-0.1, -0.05) is 12.6 Å². The fraction of sp³-hybridized carbons (Fsp3) is 0.167. The lowest BCUT2D eigenvalue weighted by Crippen LogP contribution is -2.10. The molecule has 0 aromatic heterocycles. The molecule has 1 aromatic rings. The van der Waals surface area contributed by atoms with E-state index in [0.717, 1.165) is 0 Å². The van der Waals surface area contributed by atoms with Gasteiger partial charge in [0.15, 0.2) is 17.8 Å². The van der Waals surface area contributed by atoms with Gasteiger partial charge in [0.25, 0.3) is 0 Å². The Kier molecular flexibility index (Phi) is 3.83. The molecule has 0 amide bonds. The first-order valence-corrected chi connectivity index (χ1v) is 4.60. The SMILES string of the molecule is C=C(C)C(=O)Oc1c(C=O)cccc1OC. The van der Waals surface area contributed by atoms with Crippen LogP contribution in [0.2, 0.25) is 0 Å². The molecule has 0 saturated heterocycles. The average Bonchev–Trinajstić information content (AvgIpc) is 2.29. The lowest BCUT2D eigenvalue weighted by atomic mass is 10.2. The Morgan fingerprint density at radius 2 is 2.12 bits per heavy atom. The molecule has 0 saturated carbocycles. The number of carbonyl (C=O) groups excluding carboxylic acids is 2. The fourth-order valence-corrected chi connectivity index (χ4v) is 1.08. The van der Waals surface area contributed by atoms with Crippen molar-refractivity contribution in [2.24, 2.45) is 0 Å². The Balaban J connectivity index is 3.13. The molecule has 0 N–H and O–H groups in total. The summed E-state index contributed by atoms with van der Waals surface area (Å²) >= 11 is 0. The molecule has 4 nitrogen and oxygen atoms in total. The highest BCUT2D eigenvalue weighted by atomic mass is 16.6. The molecule has 0 fully saturated rings. The second kappa shape index (κ2) is 5.11. The van der Waals surface area contributed by atoms with Gasteiger partial charge in [-0.25, -0.2) is 4.79 Å². The minimum Gasteiger partial charge on any atom is -0.493 e. The standard InChI is InChI=1S/C12H12O4/c1-8(2)12(14)16-11-9(7-13)5-4-6-10(11)15-3/h4-7H,1H2,2-3H3. The van der Waals surface area contributed by atoms with Crippen LogP contribution in [0.15, 0.2) is 30.4 Å². The van der Waals surface area contributed by atoms with Gasteiger partial charge in [0.05, 0.1) is 12.7 Å².